The van der Waals surface area contributed by atoms with E-state index in [1.54, 1.807) is 6.20 Å². The zero-order chi connectivity index (χ0) is 11.2. The maximum Gasteiger partial charge on any atom is 0.171 e. The normalized spacial score (nSPS) is 17.3. The van der Waals surface area contributed by atoms with E-state index in [4.69, 9.17) is 21.1 Å². The Bertz CT molecular complexity index is 330. The van der Waals surface area contributed by atoms with E-state index in [0.29, 0.717) is 17.5 Å². The molecular formula is C11H15ClN2O2. The van der Waals surface area contributed by atoms with Gasteiger partial charge in [-0.3, -0.25) is 4.90 Å². The maximum atomic E-state index is 5.88. The van der Waals surface area contributed by atoms with Gasteiger partial charge in [0.15, 0.2) is 10.9 Å². The minimum absolute atomic E-state index is 0.421. The highest BCUT2D eigenvalue weighted by atomic mass is 35.5. The van der Waals surface area contributed by atoms with E-state index >= 15 is 0 Å². The molecular weight excluding hydrogens is 228 g/mol. The van der Waals surface area contributed by atoms with E-state index in [1.807, 2.05) is 12.1 Å². The summed E-state index contributed by atoms with van der Waals surface area (Å²) in [5, 5.41) is 0.421. The molecule has 0 atom stereocenters. The van der Waals surface area contributed by atoms with E-state index in [-0.39, 0.29) is 0 Å². The molecule has 0 aromatic carbocycles. The molecule has 0 spiro atoms. The molecule has 0 unspecified atom stereocenters. The van der Waals surface area contributed by atoms with Crippen molar-refractivity contribution in [2.24, 2.45) is 0 Å². The zero-order valence-corrected chi connectivity index (χ0v) is 9.82. The topological polar surface area (TPSA) is 34.6 Å². The molecule has 2 rings (SSSR count). The lowest BCUT2D eigenvalue weighted by atomic mass is 10.4. The van der Waals surface area contributed by atoms with E-state index in [1.165, 1.54) is 0 Å². The molecule has 0 radical (unpaired) electrons. The van der Waals surface area contributed by atoms with Gasteiger partial charge in [0, 0.05) is 25.8 Å². The van der Waals surface area contributed by atoms with Gasteiger partial charge in [-0.2, -0.15) is 0 Å². The van der Waals surface area contributed by atoms with E-state index < -0.39 is 0 Å². The molecule has 5 heteroatoms. The van der Waals surface area contributed by atoms with Crippen LogP contribution in [0.2, 0.25) is 5.15 Å². The average molecular weight is 243 g/mol. The Morgan fingerprint density at radius 1 is 1.44 bits per heavy atom. The van der Waals surface area contributed by atoms with Crippen molar-refractivity contribution in [1.82, 2.24) is 9.88 Å². The van der Waals surface area contributed by atoms with Crippen molar-refractivity contribution in [1.29, 1.82) is 0 Å². The first-order chi connectivity index (χ1) is 7.86. The minimum atomic E-state index is 0.421. The molecule has 0 bridgehead atoms. The molecule has 0 aliphatic carbocycles. The number of halogens is 1. The molecule has 1 aromatic rings. The van der Waals surface area contributed by atoms with Crippen molar-refractivity contribution in [2.75, 3.05) is 39.5 Å². The Hall–Kier alpha value is -0.840. The van der Waals surface area contributed by atoms with Gasteiger partial charge in [-0.1, -0.05) is 11.6 Å². The van der Waals surface area contributed by atoms with Gasteiger partial charge in [0.25, 0.3) is 0 Å². The van der Waals surface area contributed by atoms with Gasteiger partial charge in [0.1, 0.15) is 6.61 Å². The van der Waals surface area contributed by atoms with Crippen LogP contribution in [-0.2, 0) is 4.74 Å². The lowest BCUT2D eigenvalue weighted by Gasteiger charge is -2.26. The number of aromatic nitrogens is 1. The summed E-state index contributed by atoms with van der Waals surface area (Å²) in [5.41, 5.74) is 0. The van der Waals surface area contributed by atoms with Gasteiger partial charge in [0.05, 0.1) is 13.2 Å². The summed E-state index contributed by atoms with van der Waals surface area (Å²) in [6.45, 7) is 5.11. The lowest BCUT2D eigenvalue weighted by Crippen LogP contribution is -2.38. The Kier molecular flexibility index (Phi) is 4.39. The molecule has 4 nitrogen and oxygen atoms in total. The smallest absolute Gasteiger partial charge is 0.171 e. The number of hydrogen-bond acceptors (Lipinski definition) is 4. The predicted octanol–water partition coefficient (Wildman–Crippen LogP) is 1.45. The largest absolute Gasteiger partial charge is 0.489 e. The van der Waals surface area contributed by atoms with Crippen molar-refractivity contribution in [3.63, 3.8) is 0 Å². The SMILES string of the molecule is Clc1ncccc1OCCN1CCOCC1. The van der Waals surface area contributed by atoms with Gasteiger partial charge in [-0.25, -0.2) is 4.98 Å². The summed E-state index contributed by atoms with van der Waals surface area (Å²) in [6.07, 6.45) is 1.65. The Morgan fingerprint density at radius 2 is 2.25 bits per heavy atom. The van der Waals surface area contributed by atoms with E-state index in [9.17, 15) is 0 Å². The van der Waals surface area contributed by atoms with E-state index in [2.05, 4.69) is 9.88 Å². The first-order valence-electron chi connectivity index (χ1n) is 5.39. The van der Waals surface area contributed by atoms with Crippen LogP contribution in [0.4, 0.5) is 0 Å². The van der Waals surface area contributed by atoms with Crippen LogP contribution in [-0.4, -0.2) is 49.3 Å². The van der Waals surface area contributed by atoms with Gasteiger partial charge in [0.2, 0.25) is 0 Å². The minimum Gasteiger partial charge on any atom is -0.489 e. The molecule has 1 aliphatic rings. The van der Waals surface area contributed by atoms with Gasteiger partial charge in [-0.15, -0.1) is 0 Å². The van der Waals surface area contributed by atoms with Gasteiger partial charge in [-0.05, 0) is 12.1 Å². The van der Waals surface area contributed by atoms with Crippen LogP contribution in [0.5, 0.6) is 5.75 Å². The third-order valence-electron chi connectivity index (χ3n) is 2.49. The highest BCUT2D eigenvalue weighted by Crippen LogP contribution is 2.19. The Morgan fingerprint density at radius 3 is 3.00 bits per heavy atom. The van der Waals surface area contributed by atoms with Crippen molar-refractivity contribution in [2.45, 2.75) is 0 Å². The third kappa shape index (κ3) is 3.33. The van der Waals surface area contributed by atoms with Crippen LogP contribution in [0.15, 0.2) is 18.3 Å². The molecule has 0 N–H and O–H groups in total. The standard InChI is InChI=1S/C11H15ClN2O2/c12-11-10(2-1-3-13-11)16-9-6-14-4-7-15-8-5-14/h1-3H,4-9H2. The van der Waals surface area contributed by atoms with Crippen LogP contribution < -0.4 is 4.74 Å². The van der Waals surface area contributed by atoms with Gasteiger partial charge >= 0.3 is 0 Å². The second kappa shape index (κ2) is 6.03. The van der Waals surface area contributed by atoms with Crippen molar-refractivity contribution in [3.05, 3.63) is 23.5 Å². The van der Waals surface area contributed by atoms with Crippen LogP contribution in [0.3, 0.4) is 0 Å². The predicted molar refractivity (Wildman–Crippen MR) is 62.0 cm³/mol. The Labute approximate surface area is 100 Å². The summed E-state index contributed by atoms with van der Waals surface area (Å²) in [6, 6.07) is 3.64. The molecule has 88 valence electrons. The zero-order valence-electron chi connectivity index (χ0n) is 9.06. The van der Waals surface area contributed by atoms with Gasteiger partial charge < -0.3 is 9.47 Å². The van der Waals surface area contributed by atoms with Crippen molar-refractivity contribution in [3.8, 4) is 5.75 Å². The second-order valence-electron chi connectivity index (χ2n) is 3.59. The fourth-order valence-electron chi connectivity index (χ4n) is 1.59. The van der Waals surface area contributed by atoms with Crippen molar-refractivity contribution >= 4 is 11.6 Å². The van der Waals surface area contributed by atoms with Crippen LogP contribution >= 0.6 is 11.6 Å². The number of ether oxygens (including phenoxy) is 2. The molecule has 1 aliphatic heterocycles. The highest BCUT2D eigenvalue weighted by molar-refractivity contribution is 6.30. The summed E-state index contributed by atoms with van der Waals surface area (Å²) in [5.74, 6) is 0.650. The third-order valence-corrected chi connectivity index (χ3v) is 2.78. The molecule has 1 fully saturated rings. The number of morpholine rings is 1. The fourth-order valence-corrected chi connectivity index (χ4v) is 1.76. The van der Waals surface area contributed by atoms with Crippen molar-refractivity contribution < 1.29 is 9.47 Å². The molecule has 1 saturated heterocycles. The number of hydrogen-bond donors (Lipinski definition) is 0. The first kappa shape index (κ1) is 11.6. The second-order valence-corrected chi connectivity index (χ2v) is 3.95. The number of pyridine rings is 1. The number of nitrogens with zero attached hydrogens (tertiary/aromatic N) is 2. The quantitative estimate of drug-likeness (QED) is 0.749. The molecule has 2 heterocycles. The monoisotopic (exact) mass is 242 g/mol. The Balaban J connectivity index is 1.73. The summed E-state index contributed by atoms with van der Waals surface area (Å²) >= 11 is 5.88. The number of rotatable bonds is 4. The molecule has 1 aromatic heterocycles. The molecule has 16 heavy (non-hydrogen) atoms. The van der Waals surface area contributed by atoms with Crippen LogP contribution in [0.1, 0.15) is 0 Å². The van der Waals surface area contributed by atoms with Crippen LogP contribution in [0, 0.1) is 0 Å². The average Bonchev–Trinajstić information content (AvgIpc) is 2.33. The van der Waals surface area contributed by atoms with Crippen LogP contribution in [0.25, 0.3) is 0 Å². The van der Waals surface area contributed by atoms with E-state index in [0.717, 1.165) is 32.8 Å². The maximum absolute atomic E-state index is 5.88. The lowest BCUT2D eigenvalue weighted by molar-refractivity contribution is 0.0322. The summed E-state index contributed by atoms with van der Waals surface area (Å²) in [7, 11) is 0. The highest BCUT2D eigenvalue weighted by Gasteiger charge is 2.10. The fraction of sp³-hybridized carbons (Fsp3) is 0.545. The first-order valence-corrected chi connectivity index (χ1v) is 5.77. The molecule has 0 saturated carbocycles. The summed E-state index contributed by atoms with van der Waals surface area (Å²) in [4.78, 5) is 6.26. The molecule has 0 amide bonds. The summed E-state index contributed by atoms with van der Waals surface area (Å²) < 4.78 is 10.8.